The molecule has 0 fully saturated rings. The molecule has 0 saturated carbocycles. The van der Waals surface area contributed by atoms with Crippen LogP contribution in [-0.2, 0) is 4.74 Å². The van der Waals surface area contributed by atoms with Gasteiger partial charge in [-0.25, -0.2) is 4.79 Å². The van der Waals surface area contributed by atoms with Crippen LogP contribution in [0.2, 0.25) is 0 Å². The van der Waals surface area contributed by atoms with Gasteiger partial charge in [-0.2, -0.15) is 0 Å². The van der Waals surface area contributed by atoms with Crippen molar-refractivity contribution < 1.29 is 9.53 Å². The molecule has 0 aliphatic carbocycles. The molecular formula is C19H14O2. The van der Waals surface area contributed by atoms with Crippen LogP contribution in [-0.4, -0.2) is 5.97 Å². The molecule has 0 unspecified atom stereocenters. The van der Waals surface area contributed by atoms with Gasteiger partial charge in [0.25, 0.3) is 0 Å². The first-order chi connectivity index (χ1) is 10.3. The Kier molecular flexibility index (Phi) is 3.79. The van der Waals surface area contributed by atoms with Gasteiger partial charge in [0.1, 0.15) is 0 Å². The van der Waals surface area contributed by atoms with E-state index >= 15 is 0 Å². The van der Waals surface area contributed by atoms with Crippen molar-refractivity contribution in [3.8, 4) is 0 Å². The third kappa shape index (κ3) is 3.18. The Morgan fingerprint density at radius 1 is 0.810 bits per heavy atom. The fourth-order valence-corrected chi connectivity index (χ4v) is 2.13. The van der Waals surface area contributed by atoms with Gasteiger partial charge in [-0.1, -0.05) is 54.6 Å². The summed E-state index contributed by atoms with van der Waals surface area (Å²) in [6.45, 7) is 0. The lowest BCUT2D eigenvalue weighted by atomic mass is 10.1. The molecule has 2 nitrogen and oxygen atoms in total. The van der Waals surface area contributed by atoms with Gasteiger partial charge in [0.15, 0.2) is 0 Å². The van der Waals surface area contributed by atoms with E-state index in [2.05, 4.69) is 18.2 Å². The average Bonchev–Trinajstić information content (AvgIpc) is 2.55. The molecule has 21 heavy (non-hydrogen) atoms. The van der Waals surface area contributed by atoms with Crippen LogP contribution in [0.25, 0.3) is 16.8 Å². The Morgan fingerprint density at radius 3 is 2.33 bits per heavy atom. The van der Waals surface area contributed by atoms with E-state index in [4.69, 9.17) is 4.74 Å². The third-order valence-electron chi connectivity index (χ3n) is 3.22. The third-order valence-corrected chi connectivity index (χ3v) is 3.22. The van der Waals surface area contributed by atoms with Crippen molar-refractivity contribution >= 4 is 22.8 Å². The molecule has 0 aromatic heterocycles. The summed E-state index contributed by atoms with van der Waals surface area (Å²) < 4.78 is 5.12. The van der Waals surface area contributed by atoms with Crippen LogP contribution in [0.4, 0.5) is 0 Å². The molecule has 0 aliphatic rings. The number of carbonyl (C=O) groups excluding carboxylic acids is 1. The summed E-state index contributed by atoms with van der Waals surface area (Å²) in [6, 6.07) is 23.2. The number of ether oxygens (including phenoxy) is 1. The largest absolute Gasteiger partial charge is 0.431 e. The first-order valence-electron chi connectivity index (χ1n) is 6.74. The SMILES string of the molecule is O=C(O/C=C/c1ccc2ccccc2c1)c1ccccc1. The first kappa shape index (κ1) is 13.1. The Balaban J connectivity index is 1.71. The summed E-state index contributed by atoms with van der Waals surface area (Å²) in [5.74, 6) is -0.354. The van der Waals surface area contributed by atoms with E-state index in [0.717, 1.165) is 10.9 Å². The summed E-state index contributed by atoms with van der Waals surface area (Å²) in [6.07, 6.45) is 3.22. The summed E-state index contributed by atoms with van der Waals surface area (Å²) in [4.78, 5) is 11.8. The maximum atomic E-state index is 11.8. The van der Waals surface area contributed by atoms with Gasteiger partial charge in [-0.3, -0.25) is 0 Å². The lowest BCUT2D eigenvalue weighted by molar-refractivity contribution is 0.0665. The summed E-state index contributed by atoms with van der Waals surface area (Å²) in [5, 5.41) is 2.35. The number of hydrogen-bond acceptors (Lipinski definition) is 2. The zero-order chi connectivity index (χ0) is 14.5. The van der Waals surface area contributed by atoms with Crippen molar-refractivity contribution in [3.05, 3.63) is 90.2 Å². The standard InChI is InChI=1S/C19H14O2/c20-19(17-7-2-1-3-8-17)21-13-12-15-10-11-16-6-4-5-9-18(16)14-15/h1-14H/b13-12+. The molecule has 0 saturated heterocycles. The number of esters is 1. The van der Waals surface area contributed by atoms with Crippen molar-refractivity contribution in [1.82, 2.24) is 0 Å². The highest BCUT2D eigenvalue weighted by molar-refractivity contribution is 5.90. The van der Waals surface area contributed by atoms with Crippen LogP contribution in [0.3, 0.4) is 0 Å². The van der Waals surface area contributed by atoms with Gasteiger partial charge in [-0.05, 0) is 40.6 Å². The van der Waals surface area contributed by atoms with Crippen molar-refractivity contribution in [1.29, 1.82) is 0 Å². The van der Waals surface area contributed by atoms with Gasteiger partial charge in [0.2, 0.25) is 0 Å². The van der Waals surface area contributed by atoms with Crippen LogP contribution in [0.1, 0.15) is 15.9 Å². The van der Waals surface area contributed by atoms with Crippen LogP contribution < -0.4 is 0 Å². The maximum Gasteiger partial charge on any atom is 0.342 e. The van der Waals surface area contributed by atoms with Gasteiger partial charge in [-0.15, -0.1) is 0 Å². The van der Waals surface area contributed by atoms with Crippen LogP contribution >= 0.6 is 0 Å². The van der Waals surface area contributed by atoms with Gasteiger partial charge in [0.05, 0.1) is 11.8 Å². The molecule has 2 heteroatoms. The fourth-order valence-electron chi connectivity index (χ4n) is 2.13. The molecule has 102 valence electrons. The lowest BCUT2D eigenvalue weighted by Crippen LogP contribution is -1.99. The second-order valence-electron chi connectivity index (χ2n) is 4.68. The van der Waals surface area contributed by atoms with Crippen molar-refractivity contribution in [2.45, 2.75) is 0 Å². The second-order valence-corrected chi connectivity index (χ2v) is 4.68. The van der Waals surface area contributed by atoms with Crippen LogP contribution in [0.15, 0.2) is 79.1 Å². The number of hydrogen-bond donors (Lipinski definition) is 0. The van der Waals surface area contributed by atoms with Gasteiger partial charge < -0.3 is 4.74 Å². The van der Waals surface area contributed by atoms with E-state index in [1.54, 1.807) is 18.2 Å². The molecule has 3 aromatic carbocycles. The number of fused-ring (bicyclic) bond motifs is 1. The van der Waals surface area contributed by atoms with E-state index < -0.39 is 0 Å². The number of carbonyl (C=O) groups is 1. The molecule has 0 bridgehead atoms. The zero-order valence-electron chi connectivity index (χ0n) is 11.4. The minimum absolute atomic E-state index is 0.354. The highest BCUT2D eigenvalue weighted by atomic mass is 16.5. The zero-order valence-corrected chi connectivity index (χ0v) is 11.4. The molecule has 0 heterocycles. The van der Waals surface area contributed by atoms with Crippen molar-refractivity contribution in [2.75, 3.05) is 0 Å². The Morgan fingerprint density at radius 2 is 1.52 bits per heavy atom. The maximum absolute atomic E-state index is 11.8. The van der Waals surface area contributed by atoms with Gasteiger partial charge >= 0.3 is 5.97 Å². The normalized spacial score (nSPS) is 10.9. The Bertz CT molecular complexity index is 789. The quantitative estimate of drug-likeness (QED) is 0.512. The molecule has 3 aromatic rings. The molecule has 0 radical (unpaired) electrons. The van der Waals surface area contributed by atoms with Crippen molar-refractivity contribution in [2.24, 2.45) is 0 Å². The minimum Gasteiger partial charge on any atom is -0.431 e. The summed E-state index contributed by atoms with van der Waals surface area (Å²) in [7, 11) is 0. The molecule has 0 N–H and O–H groups in total. The van der Waals surface area contributed by atoms with Crippen molar-refractivity contribution in [3.63, 3.8) is 0 Å². The fraction of sp³-hybridized carbons (Fsp3) is 0. The summed E-state index contributed by atoms with van der Waals surface area (Å²) >= 11 is 0. The topological polar surface area (TPSA) is 26.3 Å². The molecule has 0 spiro atoms. The molecule has 0 amide bonds. The number of benzene rings is 3. The van der Waals surface area contributed by atoms with E-state index in [0.29, 0.717) is 5.56 Å². The predicted octanol–water partition coefficient (Wildman–Crippen LogP) is 4.67. The molecule has 0 atom stereocenters. The minimum atomic E-state index is -0.354. The van der Waals surface area contributed by atoms with Crippen LogP contribution in [0.5, 0.6) is 0 Å². The Hall–Kier alpha value is -2.87. The lowest BCUT2D eigenvalue weighted by Gasteiger charge is -2.00. The smallest absolute Gasteiger partial charge is 0.342 e. The summed E-state index contributed by atoms with van der Waals surface area (Å²) in [5.41, 5.74) is 1.54. The van der Waals surface area contributed by atoms with E-state index in [-0.39, 0.29) is 5.97 Å². The molecule has 0 aliphatic heterocycles. The predicted molar refractivity (Wildman–Crippen MR) is 84.8 cm³/mol. The van der Waals surface area contributed by atoms with Crippen LogP contribution in [0, 0.1) is 0 Å². The molecular weight excluding hydrogens is 260 g/mol. The van der Waals surface area contributed by atoms with Gasteiger partial charge in [0, 0.05) is 0 Å². The molecule has 3 rings (SSSR count). The highest BCUT2D eigenvalue weighted by Crippen LogP contribution is 2.16. The average molecular weight is 274 g/mol. The van der Waals surface area contributed by atoms with E-state index in [1.165, 1.54) is 11.6 Å². The highest BCUT2D eigenvalue weighted by Gasteiger charge is 2.03. The monoisotopic (exact) mass is 274 g/mol. The van der Waals surface area contributed by atoms with E-state index in [1.807, 2.05) is 42.5 Å². The number of rotatable bonds is 3. The van der Waals surface area contributed by atoms with E-state index in [9.17, 15) is 4.79 Å². The first-order valence-corrected chi connectivity index (χ1v) is 6.74. The second kappa shape index (κ2) is 6.06. The Labute approximate surface area is 123 Å².